The molecule has 3 heteroatoms. The predicted octanol–water partition coefficient (Wildman–Crippen LogP) is 1.79. The van der Waals surface area contributed by atoms with Crippen LogP contribution in [0.2, 0.25) is 0 Å². The third kappa shape index (κ3) is 4.23. The fraction of sp³-hybridized carbons (Fsp3) is 1.00. The van der Waals surface area contributed by atoms with Gasteiger partial charge in [0.05, 0.1) is 0 Å². The van der Waals surface area contributed by atoms with Gasteiger partial charge in [0, 0.05) is 30.7 Å². The van der Waals surface area contributed by atoms with Gasteiger partial charge in [-0.25, -0.2) is 0 Å². The quantitative estimate of drug-likeness (QED) is 0.813. The van der Waals surface area contributed by atoms with Crippen molar-refractivity contribution in [2.24, 2.45) is 0 Å². The van der Waals surface area contributed by atoms with Crippen molar-refractivity contribution < 1.29 is 0 Å². The van der Waals surface area contributed by atoms with Gasteiger partial charge in [-0.2, -0.15) is 0 Å². The lowest BCUT2D eigenvalue weighted by molar-refractivity contribution is 0.0778. The highest BCUT2D eigenvalue weighted by Gasteiger charge is 2.32. The Morgan fingerprint density at radius 3 is 2.47 bits per heavy atom. The van der Waals surface area contributed by atoms with Crippen molar-refractivity contribution in [1.29, 1.82) is 0 Å². The minimum Gasteiger partial charge on any atom is -0.320 e. The largest absolute Gasteiger partial charge is 0.320 e. The molecule has 0 aromatic rings. The van der Waals surface area contributed by atoms with E-state index in [0.717, 1.165) is 6.54 Å². The van der Waals surface area contributed by atoms with Crippen molar-refractivity contribution in [3.8, 4) is 0 Å². The molecule has 1 heterocycles. The van der Waals surface area contributed by atoms with E-state index in [4.69, 9.17) is 0 Å². The van der Waals surface area contributed by atoms with Gasteiger partial charge in [-0.1, -0.05) is 0 Å². The maximum Gasteiger partial charge on any atom is 0.0240 e. The number of nitrogens with zero attached hydrogens (tertiary/aromatic N) is 2. The number of rotatable bonds is 3. The molecular weight excluding hydrogens is 210 g/mol. The summed E-state index contributed by atoms with van der Waals surface area (Å²) in [5.74, 6) is 0. The average Bonchev–Trinajstić information content (AvgIpc) is 2.36. The summed E-state index contributed by atoms with van der Waals surface area (Å²) in [7, 11) is 4.31. The zero-order valence-electron chi connectivity index (χ0n) is 12.6. The van der Waals surface area contributed by atoms with E-state index >= 15 is 0 Å². The second-order valence-electron chi connectivity index (χ2n) is 6.49. The van der Waals surface area contributed by atoms with Crippen LogP contribution in [0.15, 0.2) is 0 Å². The molecule has 1 fully saturated rings. The summed E-state index contributed by atoms with van der Waals surface area (Å²) < 4.78 is 0. The van der Waals surface area contributed by atoms with E-state index < -0.39 is 0 Å². The Bertz CT molecular complexity index is 222. The zero-order valence-corrected chi connectivity index (χ0v) is 12.6. The molecule has 1 rings (SSSR count). The van der Waals surface area contributed by atoms with Gasteiger partial charge < -0.3 is 10.2 Å². The molecule has 102 valence electrons. The minimum atomic E-state index is 0.281. The van der Waals surface area contributed by atoms with Gasteiger partial charge in [0.25, 0.3) is 0 Å². The Morgan fingerprint density at radius 2 is 1.94 bits per heavy atom. The zero-order chi connectivity index (χ0) is 13.1. The van der Waals surface area contributed by atoms with Crippen LogP contribution in [0.25, 0.3) is 0 Å². The van der Waals surface area contributed by atoms with Crippen LogP contribution in [0, 0.1) is 0 Å². The number of nitrogens with one attached hydrogen (secondary N) is 1. The SMILES string of the molecule is CNCCC1CN(C)C(C)CCN1C(C)(C)C. The lowest BCUT2D eigenvalue weighted by atomic mass is 10.0. The predicted molar refractivity (Wildman–Crippen MR) is 75.5 cm³/mol. The first kappa shape index (κ1) is 14.9. The Balaban J connectivity index is 2.75. The molecule has 0 aliphatic carbocycles. The third-order valence-corrected chi connectivity index (χ3v) is 4.07. The highest BCUT2D eigenvalue weighted by molar-refractivity contribution is 4.89. The molecule has 0 amide bonds. The van der Waals surface area contributed by atoms with Crippen LogP contribution < -0.4 is 5.32 Å². The molecule has 0 spiro atoms. The Hall–Kier alpha value is -0.120. The molecule has 0 aromatic heterocycles. The second kappa shape index (κ2) is 6.17. The molecule has 0 aromatic carbocycles. The smallest absolute Gasteiger partial charge is 0.0240 e. The van der Waals surface area contributed by atoms with Gasteiger partial charge in [0.2, 0.25) is 0 Å². The highest BCUT2D eigenvalue weighted by Crippen LogP contribution is 2.24. The summed E-state index contributed by atoms with van der Waals surface area (Å²) >= 11 is 0. The van der Waals surface area contributed by atoms with Crippen LogP contribution in [0.3, 0.4) is 0 Å². The molecular formula is C14H31N3. The summed E-state index contributed by atoms with van der Waals surface area (Å²) in [4.78, 5) is 5.22. The average molecular weight is 241 g/mol. The summed E-state index contributed by atoms with van der Waals surface area (Å²) in [6, 6.07) is 1.39. The number of likely N-dealkylation sites (N-methyl/N-ethyl adjacent to an activating group) is 1. The molecule has 1 aliphatic rings. The first-order valence-corrected chi connectivity index (χ1v) is 6.98. The Morgan fingerprint density at radius 1 is 1.29 bits per heavy atom. The Labute approximate surface area is 108 Å². The number of hydrogen-bond acceptors (Lipinski definition) is 3. The lowest BCUT2D eigenvalue weighted by Gasteiger charge is -2.41. The van der Waals surface area contributed by atoms with E-state index in [9.17, 15) is 0 Å². The van der Waals surface area contributed by atoms with Gasteiger partial charge in [-0.15, -0.1) is 0 Å². The van der Waals surface area contributed by atoms with Crippen molar-refractivity contribution in [3.05, 3.63) is 0 Å². The second-order valence-corrected chi connectivity index (χ2v) is 6.49. The van der Waals surface area contributed by atoms with Crippen LogP contribution in [0.5, 0.6) is 0 Å². The molecule has 1 saturated heterocycles. The highest BCUT2D eigenvalue weighted by atomic mass is 15.3. The first-order valence-electron chi connectivity index (χ1n) is 6.98. The standard InChI is InChI=1S/C14H31N3/c1-12-8-10-17(14(2,3)4)13(7-9-15-5)11-16(12)6/h12-13,15H,7-11H2,1-6H3. The van der Waals surface area contributed by atoms with E-state index in [1.807, 2.05) is 7.05 Å². The molecule has 2 unspecified atom stereocenters. The van der Waals surface area contributed by atoms with Gasteiger partial charge in [0.15, 0.2) is 0 Å². The van der Waals surface area contributed by atoms with Crippen LogP contribution >= 0.6 is 0 Å². The maximum absolute atomic E-state index is 3.29. The number of hydrogen-bond donors (Lipinski definition) is 1. The topological polar surface area (TPSA) is 18.5 Å². The van der Waals surface area contributed by atoms with Gasteiger partial charge in [-0.3, -0.25) is 4.90 Å². The van der Waals surface area contributed by atoms with Crippen molar-refractivity contribution in [1.82, 2.24) is 15.1 Å². The van der Waals surface area contributed by atoms with E-state index in [1.54, 1.807) is 0 Å². The molecule has 2 atom stereocenters. The van der Waals surface area contributed by atoms with Crippen molar-refractivity contribution >= 4 is 0 Å². The van der Waals surface area contributed by atoms with E-state index in [2.05, 4.69) is 49.9 Å². The summed E-state index contributed by atoms with van der Waals surface area (Å²) in [5, 5.41) is 3.29. The monoisotopic (exact) mass is 241 g/mol. The summed E-state index contributed by atoms with van der Waals surface area (Å²) in [6.07, 6.45) is 2.52. The normalized spacial score (nSPS) is 29.3. The maximum atomic E-state index is 3.29. The van der Waals surface area contributed by atoms with Gasteiger partial charge in [-0.05, 0) is 61.2 Å². The van der Waals surface area contributed by atoms with Gasteiger partial charge in [0.1, 0.15) is 0 Å². The van der Waals surface area contributed by atoms with E-state index in [1.165, 1.54) is 25.9 Å². The van der Waals surface area contributed by atoms with Gasteiger partial charge >= 0.3 is 0 Å². The Kier molecular flexibility index (Phi) is 5.42. The van der Waals surface area contributed by atoms with Crippen LogP contribution in [0.1, 0.15) is 40.5 Å². The van der Waals surface area contributed by atoms with Crippen LogP contribution in [-0.2, 0) is 0 Å². The fourth-order valence-corrected chi connectivity index (χ4v) is 2.78. The molecule has 1 N–H and O–H groups in total. The van der Waals surface area contributed by atoms with Crippen molar-refractivity contribution in [2.45, 2.75) is 58.2 Å². The minimum absolute atomic E-state index is 0.281. The molecule has 0 saturated carbocycles. The van der Waals surface area contributed by atoms with E-state index in [-0.39, 0.29) is 5.54 Å². The molecule has 0 radical (unpaired) electrons. The first-order chi connectivity index (χ1) is 7.86. The molecule has 1 aliphatic heterocycles. The fourth-order valence-electron chi connectivity index (χ4n) is 2.78. The molecule has 17 heavy (non-hydrogen) atoms. The van der Waals surface area contributed by atoms with Crippen LogP contribution in [-0.4, -0.2) is 61.2 Å². The van der Waals surface area contributed by atoms with Crippen molar-refractivity contribution in [2.75, 3.05) is 33.7 Å². The third-order valence-electron chi connectivity index (χ3n) is 4.07. The van der Waals surface area contributed by atoms with Crippen LogP contribution in [0.4, 0.5) is 0 Å². The lowest BCUT2D eigenvalue weighted by Crippen LogP contribution is -2.51. The molecule has 0 bridgehead atoms. The summed E-state index contributed by atoms with van der Waals surface area (Å²) in [6.45, 7) is 12.9. The summed E-state index contributed by atoms with van der Waals surface area (Å²) in [5.41, 5.74) is 0.281. The molecule has 3 nitrogen and oxygen atoms in total. The van der Waals surface area contributed by atoms with Crippen molar-refractivity contribution in [3.63, 3.8) is 0 Å². The van der Waals surface area contributed by atoms with E-state index in [0.29, 0.717) is 12.1 Å².